The van der Waals surface area contributed by atoms with E-state index >= 15 is 0 Å². The zero-order valence-electron chi connectivity index (χ0n) is 11.7. The second kappa shape index (κ2) is 6.00. The molecule has 1 saturated heterocycles. The molecule has 112 valence electrons. The molecule has 1 amide bonds. The van der Waals surface area contributed by atoms with Gasteiger partial charge in [-0.3, -0.25) is 0 Å². The molecule has 0 aromatic carbocycles. The molecule has 0 bridgehead atoms. The van der Waals surface area contributed by atoms with Gasteiger partial charge < -0.3 is 20.1 Å². The van der Waals surface area contributed by atoms with Gasteiger partial charge in [0.05, 0.1) is 6.04 Å². The highest BCUT2D eigenvalue weighted by atomic mass is 19.3. The lowest BCUT2D eigenvalue weighted by molar-refractivity contribution is -0.0467. The lowest BCUT2D eigenvalue weighted by Gasteiger charge is -2.39. The molecule has 2 unspecified atom stereocenters. The predicted molar refractivity (Wildman–Crippen MR) is 66.2 cm³/mol. The topological polar surface area (TPSA) is 61.8 Å². The third-order valence-electron chi connectivity index (χ3n) is 2.73. The largest absolute Gasteiger partial charge is 0.444 e. The van der Waals surface area contributed by atoms with Gasteiger partial charge in [0, 0.05) is 19.1 Å². The molecular formula is C12H22F2N2O3. The average molecular weight is 280 g/mol. The van der Waals surface area contributed by atoms with Crippen molar-refractivity contribution in [1.82, 2.24) is 10.2 Å². The summed E-state index contributed by atoms with van der Waals surface area (Å²) >= 11 is 0. The van der Waals surface area contributed by atoms with Gasteiger partial charge in [0.2, 0.25) is 0 Å². The molecule has 5 nitrogen and oxygen atoms in total. The highest BCUT2D eigenvalue weighted by Gasteiger charge is 2.36. The van der Waals surface area contributed by atoms with Crippen LogP contribution in [-0.4, -0.2) is 59.4 Å². The molecule has 1 heterocycles. The van der Waals surface area contributed by atoms with Crippen LogP contribution in [0, 0.1) is 0 Å². The van der Waals surface area contributed by atoms with E-state index in [1.54, 1.807) is 27.7 Å². The normalized spacial score (nSPS) is 26.4. The molecule has 0 aromatic heterocycles. The molecule has 0 aromatic rings. The van der Waals surface area contributed by atoms with Crippen molar-refractivity contribution in [2.45, 2.75) is 57.9 Å². The zero-order chi connectivity index (χ0) is 14.8. The van der Waals surface area contributed by atoms with E-state index in [-0.39, 0.29) is 12.6 Å². The van der Waals surface area contributed by atoms with Crippen molar-refractivity contribution in [2.24, 2.45) is 0 Å². The van der Waals surface area contributed by atoms with Gasteiger partial charge in [0.1, 0.15) is 11.7 Å². The van der Waals surface area contributed by atoms with Crippen molar-refractivity contribution in [2.75, 3.05) is 13.1 Å². The van der Waals surface area contributed by atoms with E-state index in [1.807, 2.05) is 0 Å². The number of hydrogen-bond acceptors (Lipinski definition) is 4. The molecule has 1 aliphatic heterocycles. The Hall–Kier alpha value is -0.950. The Labute approximate surface area is 111 Å². The summed E-state index contributed by atoms with van der Waals surface area (Å²) in [7, 11) is 0. The number of amides is 1. The number of carbonyl (C=O) groups excluding carboxylic acids is 1. The van der Waals surface area contributed by atoms with Crippen LogP contribution in [0.2, 0.25) is 0 Å². The van der Waals surface area contributed by atoms with E-state index < -0.39 is 30.3 Å². The zero-order valence-corrected chi connectivity index (χ0v) is 11.7. The van der Waals surface area contributed by atoms with Gasteiger partial charge in [0.25, 0.3) is 6.43 Å². The molecule has 0 spiro atoms. The first-order valence-corrected chi connectivity index (χ1v) is 6.30. The number of hydrogen-bond donors (Lipinski definition) is 2. The van der Waals surface area contributed by atoms with Crippen molar-refractivity contribution in [3.05, 3.63) is 0 Å². The Morgan fingerprint density at radius 1 is 1.42 bits per heavy atom. The number of piperazine rings is 1. The smallest absolute Gasteiger partial charge is 0.410 e. The molecule has 1 fully saturated rings. The van der Waals surface area contributed by atoms with Crippen LogP contribution in [0.5, 0.6) is 0 Å². The molecule has 0 saturated carbocycles. The van der Waals surface area contributed by atoms with Crippen molar-refractivity contribution < 1.29 is 23.4 Å². The second-order valence-electron chi connectivity index (χ2n) is 5.88. The van der Waals surface area contributed by atoms with E-state index in [1.165, 1.54) is 4.90 Å². The molecule has 2 N–H and O–H groups in total. The van der Waals surface area contributed by atoms with Gasteiger partial charge in [-0.25, -0.2) is 13.6 Å². The van der Waals surface area contributed by atoms with Crippen LogP contribution in [0.3, 0.4) is 0 Å². The maximum absolute atomic E-state index is 12.5. The van der Waals surface area contributed by atoms with Gasteiger partial charge in [-0.1, -0.05) is 0 Å². The highest BCUT2D eigenvalue weighted by Crippen LogP contribution is 2.16. The quantitative estimate of drug-likeness (QED) is 0.798. The number of halogens is 2. The third-order valence-corrected chi connectivity index (χ3v) is 2.73. The number of rotatable bonds is 2. The van der Waals surface area contributed by atoms with Gasteiger partial charge in [-0.15, -0.1) is 0 Å². The van der Waals surface area contributed by atoms with Gasteiger partial charge >= 0.3 is 6.09 Å². The van der Waals surface area contributed by atoms with Gasteiger partial charge in [0.15, 0.2) is 0 Å². The van der Waals surface area contributed by atoms with Crippen LogP contribution < -0.4 is 5.32 Å². The maximum Gasteiger partial charge on any atom is 0.410 e. The number of alkyl halides is 2. The van der Waals surface area contributed by atoms with Crippen molar-refractivity contribution >= 4 is 6.09 Å². The minimum Gasteiger partial charge on any atom is -0.444 e. The fraction of sp³-hybridized carbons (Fsp3) is 0.917. The summed E-state index contributed by atoms with van der Waals surface area (Å²) in [5.74, 6) is 0. The SMILES string of the molecule is C[C@H]1CN(C(=O)OC(C)(C)C)CC(C(O)C(F)F)N1. The van der Waals surface area contributed by atoms with Crippen LogP contribution in [0.1, 0.15) is 27.7 Å². The van der Waals surface area contributed by atoms with Crippen LogP contribution in [-0.2, 0) is 4.74 Å². The molecule has 0 aliphatic carbocycles. The Kier molecular flexibility index (Phi) is 5.09. The Morgan fingerprint density at radius 3 is 2.47 bits per heavy atom. The number of aliphatic hydroxyl groups excluding tert-OH is 1. The third kappa shape index (κ3) is 4.91. The van der Waals surface area contributed by atoms with E-state index in [0.29, 0.717) is 6.54 Å². The van der Waals surface area contributed by atoms with Crippen molar-refractivity contribution in [1.29, 1.82) is 0 Å². The van der Waals surface area contributed by atoms with Crippen LogP contribution in [0.4, 0.5) is 13.6 Å². The second-order valence-corrected chi connectivity index (χ2v) is 5.88. The lowest BCUT2D eigenvalue weighted by atomic mass is 10.1. The summed E-state index contributed by atoms with van der Waals surface area (Å²) < 4.78 is 30.2. The van der Waals surface area contributed by atoms with Crippen LogP contribution in [0.25, 0.3) is 0 Å². The number of nitrogens with one attached hydrogen (secondary N) is 1. The van der Waals surface area contributed by atoms with E-state index in [4.69, 9.17) is 4.74 Å². The monoisotopic (exact) mass is 280 g/mol. The number of ether oxygens (including phenoxy) is 1. The first-order valence-electron chi connectivity index (χ1n) is 6.30. The molecule has 0 radical (unpaired) electrons. The van der Waals surface area contributed by atoms with Crippen LogP contribution >= 0.6 is 0 Å². The van der Waals surface area contributed by atoms with Crippen molar-refractivity contribution in [3.63, 3.8) is 0 Å². The molecule has 1 aliphatic rings. The van der Waals surface area contributed by atoms with E-state index in [9.17, 15) is 18.7 Å². The Bertz CT molecular complexity index is 321. The summed E-state index contributed by atoms with van der Waals surface area (Å²) in [6.07, 6.45) is -5.19. The number of aliphatic hydroxyl groups is 1. The fourth-order valence-corrected chi connectivity index (χ4v) is 1.97. The molecule has 3 atom stereocenters. The molecule has 19 heavy (non-hydrogen) atoms. The van der Waals surface area contributed by atoms with Gasteiger partial charge in [-0.2, -0.15) is 0 Å². The predicted octanol–water partition coefficient (Wildman–Crippen LogP) is 1.21. The summed E-state index contributed by atoms with van der Waals surface area (Å²) in [4.78, 5) is 13.3. The number of carbonyl (C=O) groups is 1. The average Bonchev–Trinajstić information content (AvgIpc) is 2.24. The van der Waals surface area contributed by atoms with Gasteiger partial charge in [-0.05, 0) is 27.7 Å². The molecule has 7 heteroatoms. The fourth-order valence-electron chi connectivity index (χ4n) is 1.97. The van der Waals surface area contributed by atoms with E-state index in [0.717, 1.165) is 0 Å². The lowest BCUT2D eigenvalue weighted by Crippen LogP contribution is -2.62. The Morgan fingerprint density at radius 2 is 2.00 bits per heavy atom. The first-order chi connectivity index (χ1) is 8.60. The molecule has 1 rings (SSSR count). The Balaban J connectivity index is 2.67. The minimum atomic E-state index is -2.84. The van der Waals surface area contributed by atoms with Crippen LogP contribution in [0.15, 0.2) is 0 Å². The standard InChI is InChI=1S/C12H22F2N2O3/c1-7-5-16(11(18)19-12(2,3)4)6-8(15-7)9(17)10(13)14/h7-10,15,17H,5-6H2,1-4H3/t7-,8?,9?/m0/s1. The molecular weight excluding hydrogens is 258 g/mol. The van der Waals surface area contributed by atoms with E-state index in [2.05, 4.69) is 5.32 Å². The first kappa shape index (κ1) is 16.1. The maximum atomic E-state index is 12.5. The minimum absolute atomic E-state index is 0.00472. The summed E-state index contributed by atoms with van der Waals surface area (Å²) in [6, 6.07) is -1.03. The number of nitrogens with zero attached hydrogens (tertiary/aromatic N) is 1. The highest BCUT2D eigenvalue weighted by molar-refractivity contribution is 5.68. The van der Waals surface area contributed by atoms with Crippen molar-refractivity contribution in [3.8, 4) is 0 Å². The summed E-state index contributed by atoms with van der Waals surface area (Å²) in [5.41, 5.74) is -0.637. The summed E-state index contributed by atoms with van der Waals surface area (Å²) in [6.45, 7) is 7.35. The summed E-state index contributed by atoms with van der Waals surface area (Å²) in [5, 5.41) is 12.3.